The lowest BCUT2D eigenvalue weighted by Crippen LogP contribution is -2.47. The molecule has 1 heterocycles. The smallest absolute Gasteiger partial charge is 0.191 e. The Bertz CT molecular complexity index is 632. The second-order valence-corrected chi connectivity index (χ2v) is 8.06. The van der Waals surface area contributed by atoms with Crippen molar-refractivity contribution in [2.24, 2.45) is 16.3 Å². The van der Waals surface area contributed by atoms with Gasteiger partial charge in [-0.1, -0.05) is 26.8 Å². The Morgan fingerprint density at radius 1 is 1.18 bits per heavy atom. The molecule has 7 heteroatoms. The maximum atomic E-state index is 6.07. The monoisotopic (exact) mass is 505 g/mol. The van der Waals surface area contributed by atoms with E-state index in [-0.39, 0.29) is 35.5 Å². The van der Waals surface area contributed by atoms with Gasteiger partial charge in [0.05, 0.1) is 20.3 Å². The van der Waals surface area contributed by atoms with Crippen molar-refractivity contribution in [2.45, 2.75) is 46.3 Å². The molecule has 0 aromatic heterocycles. The van der Waals surface area contributed by atoms with Crippen LogP contribution in [0, 0.1) is 11.3 Å². The highest BCUT2D eigenvalue weighted by molar-refractivity contribution is 14.0. The van der Waals surface area contributed by atoms with Gasteiger partial charge in [0, 0.05) is 32.7 Å². The van der Waals surface area contributed by atoms with Crippen molar-refractivity contribution >= 4 is 29.9 Å². The maximum absolute atomic E-state index is 6.07. The third kappa shape index (κ3) is 6.99. The molecule has 1 aromatic carbocycles. The van der Waals surface area contributed by atoms with Gasteiger partial charge in [-0.2, -0.15) is 0 Å². The molecule has 1 aliphatic rings. The number of nitrogens with one attached hydrogen (secondary N) is 2. The average molecular weight is 505 g/mol. The van der Waals surface area contributed by atoms with Crippen LogP contribution in [0.2, 0.25) is 0 Å². The van der Waals surface area contributed by atoms with Gasteiger partial charge in [-0.15, -0.1) is 24.0 Å². The molecule has 1 aliphatic heterocycles. The Kier molecular flexibility index (Phi) is 10.4. The van der Waals surface area contributed by atoms with E-state index in [4.69, 9.17) is 14.2 Å². The van der Waals surface area contributed by atoms with Crippen LogP contribution in [-0.4, -0.2) is 46.5 Å². The van der Waals surface area contributed by atoms with Crippen LogP contribution in [0.3, 0.4) is 0 Å². The largest absolute Gasteiger partial charge is 0.493 e. The number of methoxy groups -OCH3 is 2. The molecular weight excluding hydrogens is 469 g/mol. The lowest BCUT2D eigenvalue weighted by atomic mass is 9.78. The molecule has 160 valence electrons. The molecule has 6 nitrogen and oxygen atoms in total. The van der Waals surface area contributed by atoms with Crippen molar-refractivity contribution in [1.29, 1.82) is 0 Å². The van der Waals surface area contributed by atoms with E-state index in [2.05, 4.69) is 36.4 Å². The summed E-state index contributed by atoms with van der Waals surface area (Å²) in [4.78, 5) is 4.35. The second kappa shape index (κ2) is 11.7. The first-order valence-corrected chi connectivity index (χ1v) is 9.66. The fourth-order valence-corrected chi connectivity index (χ4v) is 3.63. The number of benzene rings is 1. The van der Waals surface area contributed by atoms with Crippen molar-refractivity contribution in [3.05, 3.63) is 23.8 Å². The van der Waals surface area contributed by atoms with Gasteiger partial charge in [0.1, 0.15) is 0 Å². The van der Waals surface area contributed by atoms with Crippen LogP contribution >= 0.6 is 24.0 Å². The predicted molar refractivity (Wildman–Crippen MR) is 125 cm³/mol. The minimum absolute atomic E-state index is 0. The van der Waals surface area contributed by atoms with E-state index >= 15 is 0 Å². The summed E-state index contributed by atoms with van der Waals surface area (Å²) in [7, 11) is 5.08. The number of guanidine groups is 1. The average Bonchev–Trinajstić information content (AvgIpc) is 2.67. The molecule has 0 saturated carbocycles. The van der Waals surface area contributed by atoms with Gasteiger partial charge in [-0.25, -0.2) is 0 Å². The standard InChI is InChI=1S/C21H35N3O3.HI/c1-21(2,3)19-16(8-7-11-27-19)14-24-20(22-4)23-13-15-9-10-17(25-5)18(12-15)26-6;/h9-10,12,16,19H,7-8,11,13-14H2,1-6H3,(H2,22,23,24);1H. The van der Waals surface area contributed by atoms with Crippen LogP contribution < -0.4 is 20.1 Å². The summed E-state index contributed by atoms with van der Waals surface area (Å²) in [6, 6.07) is 5.91. The Morgan fingerprint density at radius 3 is 2.50 bits per heavy atom. The summed E-state index contributed by atoms with van der Waals surface area (Å²) in [6.45, 7) is 9.13. The SMILES string of the molecule is CN=C(NCc1ccc(OC)c(OC)c1)NCC1CCCOC1C(C)(C)C.I. The highest BCUT2D eigenvalue weighted by Crippen LogP contribution is 2.33. The Hall–Kier alpha value is -1.22. The normalized spacial score (nSPS) is 20.1. The van der Waals surface area contributed by atoms with Crippen LogP contribution in [0.25, 0.3) is 0 Å². The molecule has 0 radical (unpaired) electrons. The first-order valence-electron chi connectivity index (χ1n) is 9.66. The fourth-order valence-electron chi connectivity index (χ4n) is 3.63. The molecule has 1 saturated heterocycles. The highest BCUT2D eigenvalue weighted by Gasteiger charge is 2.35. The molecule has 1 aromatic rings. The summed E-state index contributed by atoms with van der Waals surface area (Å²) >= 11 is 0. The third-order valence-corrected chi connectivity index (χ3v) is 4.96. The zero-order valence-corrected chi connectivity index (χ0v) is 20.3. The molecule has 0 aliphatic carbocycles. The van der Waals surface area contributed by atoms with E-state index in [0.29, 0.717) is 12.5 Å². The number of rotatable bonds is 6. The van der Waals surface area contributed by atoms with Crippen molar-refractivity contribution in [1.82, 2.24) is 10.6 Å². The molecule has 28 heavy (non-hydrogen) atoms. The van der Waals surface area contributed by atoms with E-state index in [1.165, 1.54) is 6.42 Å². The van der Waals surface area contributed by atoms with Crippen LogP contribution in [-0.2, 0) is 11.3 Å². The van der Waals surface area contributed by atoms with Gasteiger partial charge < -0.3 is 24.8 Å². The Balaban J connectivity index is 0.00000392. The molecule has 0 amide bonds. The summed E-state index contributed by atoms with van der Waals surface area (Å²) in [5, 5.41) is 6.83. The van der Waals surface area contributed by atoms with Crippen LogP contribution in [0.15, 0.2) is 23.2 Å². The Labute approximate surface area is 186 Å². The summed E-state index contributed by atoms with van der Waals surface area (Å²) in [5.41, 5.74) is 1.24. The molecule has 2 atom stereocenters. The fraction of sp³-hybridized carbons (Fsp3) is 0.667. The van der Waals surface area contributed by atoms with Crippen molar-refractivity contribution in [3.8, 4) is 11.5 Å². The molecule has 2 unspecified atom stereocenters. The summed E-state index contributed by atoms with van der Waals surface area (Å²) < 4.78 is 16.7. The van der Waals surface area contributed by atoms with Crippen molar-refractivity contribution in [3.63, 3.8) is 0 Å². The zero-order valence-electron chi connectivity index (χ0n) is 18.0. The van der Waals surface area contributed by atoms with Crippen LogP contribution in [0.5, 0.6) is 11.5 Å². The van der Waals surface area contributed by atoms with Gasteiger partial charge in [-0.05, 0) is 36.0 Å². The summed E-state index contributed by atoms with van der Waals surface area (Å²) in [5.74, 6) is 2.74. The van der Waals surface area contributed by atoms with Gasteiger partial charge in [-0.3, -0.25) is 4.99 Å². The number of aliphatic imine (C=N–C) groups is 1. The van der Waals surface area contributed by atoms with E-state index < -0.39 is 0 Å². The predicted octanol–water partition coefficient (Wildman–Crippen LogP) is 3.83. The van der Waals surface area contributed by atoms with E-state index in [1.807, 2.05) is 18.2 Å². The van der Waals surface area contributed by atoms with Crippen molar-refractivity contribution < 1.29 is 14.2 Å². The molecule has 0 bridgehead atoms. The maximum Gasteiger partial charge on any atom is 0.191 e. The minimum atomic E-state index is 0. The molecule has 2 N–H and O–H groups in total. The van der Waals surface area contributed by atoms with Crippen LogP contribution in [0.4, 0.5) is 0 Å². The van der Waals surface area contributed by atoms with Gasteiger partial charge in [0.15, 0.2) is 17.5 Å². The van der Waals surface area contributed by atoms with Crippen LogP contribution in [0.1, 0.15) is 39.2 Å². The third-order valence-electron chi connectivity index (χ3n) is 4.96. The number of nitrogens with zero attached hydrogens (tertiary/aromatic N) is 1. The van der Waals surface area contributed by atoms with Gasteiger partial charge >= 0.3 is 0 Å². The Morgan fingerprint density at radius 2 is 1.89 bits per heavy atom. The second-order valence-electron chi connectivity index (χ2n) is 8.06. The number of ether oxygens (including phenoxy) is 3. The number of hydrogen-bond donors (Lipinski definition) is 2. The topological polar surface area (TPSA) is 64.1 Å². The number of hydrogen-bond acceptors (Lipinski definition) is 4. The van der Waals surface area contributed by atoms with E-state index in [1.54, 1.807) is 21.3 Å². The van der Waals surface area contributed by atoms with Gasteiger partial charge in [0.25, 0.3) is 0 Å². The molecule has 1 fully saturated rings. The van der Waals surface area contributed by atoms with Crippen molar-refractivity contribution in [2.75, 3.05) is 34.4 Å². The first kappa shape index (κ1) is 24.8. The zero-order chi connectivity index (χ0) is 19.9. The lowest BCUT2D eigenvalue weighted by Gasteiger charge is -2.40. The minimum Gasteiger partial charge on any atom is -0.493 e. The quantitative estimate of drug-likeness (QED) is 0.350. The van der Waals surface area contributed by atoms with E-state index in [0.717, 1.165) is 42.6 Å². The van der Waals surface area contributed by atoms with E-state index in [9.17, 15) is 0 Å². The lowest BCUT2D eigenvalue weighted by molar-refractivity contribution is -0.0835. The summed E-state index contributed by atoms with van der Waals surface area (Å²) in [6.07, 6.45) is 2.57. The molecular formula is C21H36IN3O3. The molecule has 0 spiro atoms. The molecule has 2 rings (SSSR count). The van der Waals surface area contributed by atoms with Gasteiger partial charge in [0.2, 0.25) is 0 Å². The first-order chi connectivity index (χ1) is 12.9. The number of halogens is 1. The highest BCUT2D eigenvalue weighted by atomic mass is 127.